The van der Waals surface area contributed by atoms with Gasteiger partial charge in [-0.25, -0.2) is 4.79 Å². The van der Waals surface area contributed by atoms with Crippen molar-refractivity contribution in [2.24, 2.45) is 11.3 Å². The first-order chi connectivity index (χ1) is 19.9. The number of piperazine rings is 1. The van der Waals surface area contributed by atoms with Gasteiger partial charge in [-0.1, -0.05) is 0 Å². The molecule has 4 heterocycles. The van der Waals surface area contributed by atoms with Crippen LogP contribution in [0.1, 0.15) is 87.6 Å². The molecule has 3 atom stereocenters. The summed E-state index contributed by atoms with van der Waals surface area (Å²) in [7, 11) is 0. The van der Waals surface area contributed by atoms with E-state index in [1.54, 1.807) is 4.90 Å². The van der Waals surface area contributed by atoms with Crippen molar-refractivity contribution in [3.05, 3.63) is 65.5 Å². The number of alkyl halides is 2. The number of ether oxygens (including phenoxy) is 1. The average molecular weight is 688 g/mol. The Morgan fingerprint density at radius 2 is 1.67 bits per heavy atom. The molecular weight excluding hydrogens is 639 g/mol. The summed E-state index contributed by atoms with van der Waals surface area (Å²) >= 11 is 0.380. The molecule has 3 aliphatic heterocycles. The standard InChI is InChI=1S/C34H48IN4O3/c1-33(2,3)29-23-38(31(28-9-7-8-16-36-28)26-12-10-25(11-13-26)27-22-35-27)19-20-39(29)30(40)21-24-14-17-37(18-15-24)32(41)42-34(4,5)6/h7-13,16,24,27,29,31H,14-15,17-23H2,1-6H3/q-1. The Balaban J connectivity index is 1.26. The average Bonchev–Trinajstić information content (AvgIpc) is 3.79. The Morgan fingerprint density at radius 3 is 2.24 bits per heavy atom. The largest absolute Gasteiger partial charge is 0.0319 e. The summed E-state index contributed by atoms with van der Waals surface area (Å²) in [4.78, 5) is 37.6. The van der Waals surface area contributed by atoms with Crippen molar-refractivity contribution in [3.63, 3.8) is 0 Å². The molecule has 3 fully saturated rings. The third kappa shape index (κ3) is 7.84. The predicted octanol–water partition coefficient (Wildman–Crippen LogP) is 2.91. The molecular formula is C34H48IN4O3-. The van der Waals surface area contributed by atoms with Gasteiger partial charge >= 0.3 is 191 Å². The number of hydrogen-bond donors (Lipinski definition) is 0. The number of amides is 2. The van der Waals surface area contributed by atoms with Crippen LogP contribution < -0.4 is 21.2 Å². The van der Waals surface area contributed by atoms with Gasteiger partial charge in [0.1, 0.15) is 5.60 Å². The fourth-order valence-electron chi connectivity index (χ4n) is 6.30. The maximum atomic E-state index is 13.8. The molecule has 0 spiro atoms. The number of pyridine rings is 1. The summed E-state index contributed by atoms with van der Waals surface area (Å²) in [6.45, 7) is 16.1. The zero-order valence-electron chi connectivity index (χ0n) is 26.2. The van der Waals surface area contributed by atoms with Crippen LogP contribution in [0.15, 0.2) is 48.7 Å². The third-order valence-electron chi connectivity index (χ3n) is 8.72. The van der Waals surface area contributed by atoms with Gasteiger partial charge in [0.15, 0.2) is 0 Å². The van der Waals surface area contributed by atoms with Gasteiger partial charge in [-0.3, -0.25) is 0 Å². The van der Waals surface area contributed by atoms with E-state index in [4.69, 9.17) is 9.72 Å². The monoisotopic (exact) mass is 687 g/mol. The van der Waals surface area contributed by atoms with Gasteiger partial charge in [-0.2, -0.15) is 0 Å². The maximum absolute atomic E-state index is 13.8. The third-order valence-corrected chi connectivity index (χ3v) is 11.2. The number of nitrogens with zero attached hydrogens (tertiary/aromatic N) is 4. The van der Waals surface area contributed by atoms with Gasteiger partial charge in [0.25, 0.3) is 0 Å². The molecule has 1 aromatic heterocycles. The summed E-state index contributed by atoms with van der Waals surface area (Å²) < 4.78 is 7.81. The van der Waals surface area contributed by atoms with Crippen LogP contribution in [-0.4, -0.2) is 80.5 Å². The maximum Gasteiger partial charge on any atom is 0.0241 e. The number of likely N-dealkylation sites (tertiary alicyclic amines) is 1. The second-order valence-electron chi connectivity index (χ2n) is 14.2. The van der Waals surface area contributed by atoms with E-state index in [0.717, 1.165) is 35.5 Å². The molecule has 2 aromatic rings. The van der Waals surface area contributed by atoms with E-state index in [1.165, 1.54) is 15.6 Å². The Bertz CT molecular complexity index is 1210. The quantitative estimate of drug-likeness (QED) is 0.346. The summed E-state index contributed by atoms with van der Waals surface area (Å²) in [6, 6.07) is 15.6. The molecule has 0 bridgehead atoms. The van der Waals surface area contributed by atoms with Gasteiger partial charge < -0.3 is 9.64 Å². The molecule has 230 valence electrons. The molecule has 0 N–H and O–H groups in total. The van der Waals surface area contributed by atoms with E-state index in [-0.39, 0.29) is 29.5 Å². The number of rotatable bonds is 6. The van der Waals surface area contributed by atoms with E-state index in [0.29, 0.717) is 53.2 Å². The fraction of sp³-hybridized carbons (Fsp3) is 0.618. The van der Waals surface area contributed by atoms with Crippen molar-refractivity contribution in [1.29, 1.82) is 0 Å². The summed E-state index contributed by atoms with van der Waals surface area (Å²) in [5, 5.41) is 0. The fourth-order valence-corrected chi connectivity index (χ4v) is 7.99. The molecule has 3 saturated heterocycles. The van der Waals surface area contributed by atoms with Crippen LogP contribution in [-0.2, 0) is 9.53 Å². The Labute approximate surface area is 262 Å². The van der Waals surface area contributed by atoms with Crippen LogP contribution >= 0.6 is 0 Å². The van der Waals surface area contributed by atoms with Crippen molar-refractivity contribution in [1.82, 2.24) is 19.7 Å². The van der Waals surface area contributed by atoms with E-state index in [9.17, 15) is 9.59 Å². The van der Waals surface area contributed by atoms with E-state index < -0.39 is 5.60 Å². The second kappa shape index (κ2) is 12.8. The molecule has 42 heavy (non-hydrogen) atoms. The number of benzene rings is 1. The normalized spacial score (nSPS) is 23.2. The molecule has 0 saturated carbocycles. The number of halogens is 1. The van der Waals surface area contributed by atoms with E-state index in [2.05, 4.69) is 67.0 Å². The van der Waals surface area contributed by atoms with Gasteiger partial charge in [-0.15, -0.1) is 0 Å². The molecule has 1 aromatic carbocycles. The SMILES string of the molecule is CC(C)(C)OC(=O)N1CCC(CC(=O)N2CCN(C(c3ccc(C4C[I-]4)cc3)c3ccccn3)CC2C(C)(C)C)CC1. The number of carbonyl (C=O) groups excluding carboxylic acids is 2. The van der Waals surface area contributed by atoms with Crippen molar-refractivity contribution in [2.45, 2.75) is 82.4 Å². The molecule has 0 aliphatic carbocycles. The molecule has 3 aliphatic rings. The van der Waals surface area contributed by atoms with Gasteiger partial charge in [0.2, 0.25) is 0 Å². The van der Waals surface area contributed by atoms with Crippen LogP contribution in [0, 0.1) is 11.3 Å². The van der Waals surface area contributed by atoms with Gasteiger partial charge in [-0.05, 0) is 39.5 Å². The molecule has 0 radical (unpaired) electrons. The van der Waals surface area contributed by atoms with E-state index >= 15 is 0 Å². The zero-order valence-corrected chi connectivity index (χ0v) is 28.3. The van der Waals surface area contributed by atoms with Crippen molar-refractivity contribution < 1.29 is 35.5 Å². The van der Waals surface area contributed by atoms with Gasteiger partial charge in [0.05, 0.1) is 0 Å². The number of hydrogen-bond acceptors (Lipinski definition) is 5. The van der Waals surface area contributed by atoms with Crippen LogP contribution in [0.4, 0.5) is 4.79 Å². The summed E-state index contributed by atoms with van der Waals surface area (Å²) in [6.07, 6.45) is 3.86. The minimum absolute atomic E-state index is 0.0634. The van der Waals surface area contributed by atoms with Crippen molar-refractivity contribution >= 4 is 12.0 Å². The Kier molecular flexibility index (Phi) is 9.52. The Hall–Kier alpha value is -2.20. The van der Waals surface area contributed by atoms with Crippen LogP contribution in [0.2, 0.25) is 0 Å². The topological polar surface area (TPSA) is 66.0 Å². The number of piperidine rings is 1. The number of aromatic nitrogens is 1. The van der Waals surface area contributed by atoms with Crippen LogP contribution in [0.25, 0.3) is 0 Å². The molecule has 5 rings (SSSR count). The minimum Gasteiger partial charge on any atom is -0.0319 e. The summed E-state index contributed by atoms with van der Waals surface area (Å²) in [5.41, 5.74) is 3.27. The summed E-state index contributed by atoms with van der Waals surface area (Å²) in [5.74, 6) is 0.542. The van der Waals surface area contributed by atoms with Crippen LogP contribution in [0.3, 0.4) is 0 Å². The smallest absolute Gasteiger partial charge is 0.0241 e. The van der Waals surface area contributed by atoms with E-state index in [1.807, 2.05) is 33.0 Å². The first-order valence-corrected chi connectivity index (χ1v) is 18.3. The zero-order chi connectivity index (χ0) is 30.1. The second-order valence-corrected chi connectivity index (χ2v) is 17.4. The molecule has 2 amide bonds. The first-order valence-electron chi connectivity index (χ1n) is 15.5. The molecule has 7 nitrogen and oxygen atoms in total. The van der Waals surface area contributed by atoms with Crippen LogP contribution in [0.5, 0.6) is 0 Å². The van der Waals surface area contributed by atoms with Crippen molar-refractivity contribution in [2.75, 3.05) is 37.2 Å². The van der Waals surface area contributed by atoms with Gasteiger partial charge in [0, 0.05) is 13.1 Å². The predicted molar refractivity (Wildman–Crippen MR) is 162 cm³/mol. The number of carbonyl (C=O) groups is 2. The minimum atomic E-state index is -0.495. The molecule has 3 unspecified atom stereocenters. The van der Waals surface area contributed by atoms with Crippen molar-refractivity contribution in [3.8, 4) is 0 Å². The molecule has 8 heteroatoms. The Morgan fingerprint density at radius 1 is 0.976 bits per heavy atom. The first kappa shape index (κ1) is 31.2.